The van der Waals surface area contributed by atoms with Crippen molar-refractivity contribution in [1.29, 1.82) is 0 Å². The van der Waals surface area contributed by atoms with Gasteiger partial charge in [0.25, 0.3) is 5.91 Å². The minimum atomic E-state index is -0.484. The van der Waals surface area contributed by atoms with Gasteiger partial charge in [0, 0.05) is 52.0 Å². The number of benzene rings is 2. The molecule has 186 valence electrons. The molecule has 3 amide bonds. The summed E-state index contributed by atoms with van der Waals surface area (Å²) in [6.45, 7) is 3.43. The van der Waals surface area contributed by atoms with Gasteiger partial charge in [0.1, 0.15) is 11.6 Å². The lowest BCUT2D eigenvalue weighted by molar-refractivity contribution is -0.146. The summed E-state index contributed by atoms with van der Waals surface area (Å²) in [4.78, 5) is 44.0. The normalized spacial score (nSPS) is 17.5. The van der Waals surface area contributed by atoms with Crippen molar-refractivity contribution in [2.45, 2.75) is 38.8 Å². The summed E-state index contributed by atoms with van der Waals surface area (Å²) in [7, 11) is 3.39. The molecule has 0 N–H and O–H groups in total. The van der Waals surface area contributed by atoms with E-state index in [1.807, 2.05) is 48.2 Å². The van der Waals surface area contributed by atoms with Crippen LogP contribution in [0.5, 0.6) is 0 Å². The zero-order chi connectivity index (χ0) is 25.4. The Kier molecular flexibility index (Phi) is 6.39. The number of furan rings is 1. The van der Waals surface area contributed by atoms with E-state index in [1.165, 1.54) is 4.90 Å². The van der Waals surface area contributed by atoms with Crippen LogP contribution in [0.1, 0.15) is 47.0 Å². The van der Waals surface area contributed by atoms with Gasteiger partial charge in [-0.15, -0.1) is 0 Å². The van der Waals surface area contributed by atoms with Crippen molar-refractivity contribution in [3.63, 3.8) is 0 Å². The van der Waals surface area contributed by atoms with Crippen molar-refractivity contribution in [2.24, 2.45) is 0 Å². The first kappa shape index (κ1) is 23.9. The fourth-order valence-electron chi connectivity index (χ4n) is 5.13. The monoisotopic (exact) mass is 485 g/mol. The Balaban J connectivity index is 1.37. The van der Waals surface area contributed by atoms with Gasteiger partial charge in [-0.25, -0.2) is 0 Å². The van der Waals surface area contributed by atoms with Crippen LogP contribution in [0.3, 0.4) is 0 Å². The molecule has 2 aliphatic rings. The molecule has 7 nitrogen and oxygen atoms in total. The third-order valence-electron chi connectivity index (χ3n) is 7.12. The Morgan fingerprint density at radius 2 is 1.81 bits per heavy atom. The highest BCUT2D eigenvalue weighted by molar-refractivity contribution is 5.96. The molecule has 2 aromatic carbocycles. The Bertz CT molecular complexity index is 1370. The molecule has 0 fully saturated rings. The molecule has 5 rings (SSSR count). The number of hydrogen-bond acceptors (Lipinski definition) is 4. The highest BCUT2D eigenvalue weighted by atomic mass is 16.3. The Morgan fingerprint density at radius 3 is 2.56 bits per heavy atom. The maximum Gasteiger partial charge on any atom is 0.289 e. The van der Waals surface area contributed by atoms with E-state index in [0.29, 0.717) is 43.8 Å². The van der Waals surface area contributed by atoms with Gasteiger partial charge < -0.3 is 19.1 Å². The topological polar surface area (TPSA) is 74.1 Å². The van der Waals surface area contributed by atoms with Gasteiger partial charge in [-0.2, -0.15) is 0 Å². The first-order valence-corrected chi connectivity index (χ1v) is 12.5. The molecular weight excluding hydrogens is 454 g/mol. The lowest BCUT2D eigenvalue weighted by Crippen LogP contribution is -2.54. The summed E-state index contributed by atoms with van der Waals surface area (Å²) in [6.07, 6.45) is 3.84. The molecule has 1 aromatic heterocycles. The zero-order valence-corrected chi connectivity index (χ0v) is 21.0. The fraction of sp³-hybridized carbons (Fsp3) is 0.345. The molecule has 0 unspecified atom stereocenters. The van der Waals surface area contributed by atoms with Gasteiger partial charge in [-0.3, -0.25) is 14.4 Å². The highest BCUT2D eigenvalue weighted by Crippen LogP contribution is 2.30. The summed E-state index contributed by atoms with van der Waals surface area (Å²) >= 11 is 0. The molecule has 7 heteroatoms. The van der Waals surface area contributed by atoms with E-state index in [4.69, 9.17) is 4.42 Å². The quantitative estimate of drug-likeness (QED) is 0.557. The number of carbonyl (C=O) groups is 3. The third-order valence-corrected chi connectivity index (χ3v) is 7.12. The van der Waals surface area contributed by atoms with Crippen LogP contribution in [0.2, 0.25) is 0 Å². The van der Waals surface area contributed by atoms with Crippen LogP contribution in [-0.4, -0.2) is 65.6 Å². The zero-order valence-electron chi connectivity index (χ0n) is 21.0. The van der Waals surface area contributed by atoms with E-state index < -0.39 is 6.04 Å². The minimum Gasteiger partial charge on any atom is -0.451 e. The number of rotatable bonds is 4. The van der Waals surface area contributed by atoms with Crippen LogP contribution in [0, 0.1) is 0 Å². The summed E-state index contributed by atoms with van der Waals surface area (Å²) in [5.74, 6) is 0.130. The molecule has 3 aromatic rings. The van der Waals surface area contributed by atoms with Crippen molar-refractivity contribution in [1.82, 2.24) is 14.7 Å². The molecule has 2 aliphatic heterocycles. The number of fused-ring (bicyclic) bond motifs is 2. The van der Waals surface area contributed by atoms with Crippen molar-refractivity contribution in [2.75, 3.05) is 27.2 Å². The third kappa shape index (κ3) is 4.41. The van der Waals surface area contributed by atoms with Gasteiger partial charge in [0.15, 0.2) is 5.76 Å². The average Bonchev–Trinajstić information content (AvgIpc) is 3.34. The molecule has 3 heterocycles. The van der Waals surface area contributed by atoms with Crippen LogP contribution in [0.25, 0.3) is 16.5 Å². The smallest absolute Gasteiger partial charge is 0.289 e. The largest absolute Gasteiger partial charge is 0.451 e. The summed E-state index contributed by atoms with van der Waals surface area (Å²) in [6, 6.07) is 15.2. The van der Waals surface area contributed by atoms with Gasteiger partial charge in [0.2, 0.25) is 11.8 Å². The number of amides is 3. The van der Waals surface area contributed by atoms with E-state index in [0.717, 1.165) is 34.1 Å². The number of hydrogen-bond donors (Lipinski definition) is 0. The maximum atomic E-state index is 13.8. The van der Waals surface area contributed by atoms with Gasteiger partial charge in [-0.1, -0.05) is 43.3 Å². The van der Waals surface area contributed by atoms with E-state index in [9.17, 15) is 14.4 Å². The van der Waals surface area contributed by atoms with Gasteiger partial charge in [-0.05, 0) is 46.9 Å². The van der Waals surface area contributed by atoms with Crippen molar-refractivity contribution in [3.8, 4) is 0 Å². The number of nitrogens with zero attached hydrogens (tertiary/aromatic N) is 3. The molecule has 1 atom stereocenters. The molecule has 0 saturated carbocycles. The second-order valence-corrected chi connectivity index (χ2v) is 9.70. The number of carbonyl (C=O) groups excluding carboxylic acids is 3. The van der Waals surface area contributed by atoms with Crippen LogP contribution >= 0.6 is 0 Å². The van der Waals surface area contributed by atoms with Crippen LogP contribution < -0.4 is 0 Å². The molecule has 0 bridgehead atoms. The minimum absolute atomic E-state index is 0.000146. The van der Waals surface area contributed by atoms with E-state index >= 15 is 0 Å². The Labute approximate surface area is 211 Å². The average molecular weight is 486 g/mol. The fourth-order valence-corrected chi connectivity index (χ4v) is 5.13. The highest BCUT2D eigenvalue weighted by Gasteiger charge is 2.36. The summed E-state index contributed by atoms with van der Waals surface area (Å²) in [5.41, 5.74) is 4.96. The van der Waals surface area contributed by atoms with E-state index in [1.54, 1.807) is 25.1 Å². The second-order valence-electron chi connectivity index (χ2n) is 9.70. The molecule has 36 heavy (non-hydrogen) atoms. The van der Waals surface area contributed by atoms with Crippen LogP contribution in [0.4, 0.5) is 0 Å². The van der Waals surface area contributed by atoms with Crippen LogP contribution in [-0.2, 0) is 22.6 Å². The maximum absolute atomic E-state index is 13.8. The summed E-state index contributed by atoms with van der Waals surface area (Å²) < 4.78 is 5.73. The van der Waals surface area contributed by atoms with E-state index in [-0.39, 0.29) is 17.7 Å². The summed E-state index contributed by atoms with van der Waals surface area (Å²) in [5, 5.41) is 0.852. The lowest BCUT2D eigenvalue weighted by Gasteiger charge is -2.39. The van der Waals surface area contributed by atoms with E-state index in [2.05, 4.69) is 12.1 Å². The Morgan fingerprint density at radius 1 is 1.03 bits per heavy atom. The predicted octanol–water partition coefficient (Wildman–Crippen LogP) is 4.11. The van der Waals surface area contributed by atoms with Crippen molar-refractivity contribution in [3.05, 3.63) is 77.1 Å². The molecule has 0 radical (unpaired) electrons. The van der Waals surface area contributed by atoms with Crippen molar-refractivity contribution >= 4 is 34.3 Å². The Hall–Kier alpha value is -3.87. The van der Waals surface area contributed by atoms with Gasteiger partial charge in [0.05, 0.1) is 0 Å². The molecule has 0 aliphatic carbocycles. The molecule has 0 spiro atoms. The molecule has 0 saturated heterocycles. The first-order chi connectivity index (χ1) is 17.4. The lowest BCUT2D eigenvalue weighted by atomic mass is 9.92. The predicted molar refractivity (Wildman–Crippen MR) is 138 cm³/mol. The van der Waals surface area contributed by atoms with Crippen molar-refractivity contribution < 1.29 is 18.8 Å². The second kappa shape index (κ2) is 9.64. The standard InChI is InChI=1S/C29H31N3O4/c1-4-27(33)32-18-22-9-6-5-8-19(22)15-24(32)28(34)31-13-7-10-21(17-31)20-11-12-25-23(14-20)16-26(36-25)29(35)30(2)3/h5-6,8-12,14,16,24H,4,7,13,15,17-18H2,1-3H3/t24-/m1/s1. The van der Waals surface area contributed by atoms with Crippen LogP contribution in [0.15, 0.2) is 59.0 Å². The first-order valence-electron chi connectivity index (χ1n) is 12.5. The van der Waals surface area contributed by atoms with Gasteiger partial charge >= 0.3 is 0 Å². The molecular formula is C29H31N3O4. The SMILES string of the molecule is CCC(=O)N1Cc2ccccc2C[C@@H]1C(=O)N1CCC=C(c2ccc3oc(C(=O)N(C)C)cc3c2)C1.